The van der Waals surface area contributed by atoms with Crippen LogP contribution in [0.4, 0.5) is 11.4 Å². The summed E-state index contributed by atoms with van der Waals surface area (Å²) in [5.41, 5.74) is 1.36. The molecule has 3 aromatic carbocycles. The van der Waals surface area contributed by atoms with Gasteiger partial charge in [0.05, 0.1) is 28.0 Å². The number of nitro benzene ring substituents is 1. The van der Waals surface area contributed by atoms with Gasteiger partial charge in [0, 0.05) is 12.1 Å². The molecule has 9 heteroatoms. The van der Waals surface area contributed by atoms with Gasteiger partial charge in [0.15, 0.2) is 0 Å². The first-order valence-corrected chi connectivity index (χ1v) is 12.1. The summed E-state index contributed by atoms with van der Waals surface area (Å²) in [6, 6.07) is 19.1. The first-order chi connectivity index (χ1) is 17.9. The first kappa shape index (κ1) is 24.2. The monoisotopic (exact) mass is 500 g/mol. The van der Waals surface area contributed by atoms with E-state index in [-0.39, 0.29) is 41.5 Å². The van der Waals surface area contributed by atoms with Crippen LogP contribution in [0.1, 0.15) is 41.6 Å². The minimum atomic E-state index is -0.565. The Hall–Kier alpha value is -4.53. The van der Waals surface area contributed by atoms with E-state index in [0.29, 0.717) is 17.2 Å². The highest BCUT2D eigenvalue weighted by Crippen LogP contribution is 2.40. The summed E-state index contributed by atoms with van der Waals surface area (Å²) in [5, 5.41) is 10.8. The van der Waals surface area contributed by atoms with Gasteiger partial charge in [-0.3, -0.25) is 24.6 Å². The maximum atomic E-state index is 12.9. The predicted molar refractivity (Wildman–Crippen MR) is 133 cm³/mol. The lowest BCUT2D eigenvalue weighted by atomic mass is 9.81. The Kier molecular flexibility index (Phi) is 6.68. The van der Waals surface area contributed by atoms with Crippen LogP contribution in [-0.2, 0) is 20.9 Å². The summed E-state index contributed by atoms with van der Waals surface area (Å²) in [4.78, 5) is 50.0. The van der Waals surface area contributed by atoms with Crippen LogP contribution in [0, 0.1) is 22.0 Å². The Morgan fingerprint density at radius 1 is 0.892 bits per heavy atom. The quantitative estimate of drug-likeness (QED) is 0.184. The van der Waals surface area contributed by atoms with Crippen molar-refractivity contribution in [3.8, 4) is 11.5 Å². The van der Waals surface area contributed by atoms with Gasteiger partial charge in [0.2, 0.25) is 11.8 Å². The van der Waals surface area contributed by atoms with E-state index in [9.17, 15) is 24.5 Å². The molecule has 1 aliphatic carbocycles. The van der Waals surface area contributed by atoms with Gasteiger partial charge in [-0.1, -0.05) is 31.0 Å². The number of esters is 1. The molecule has 9 nitrogen and oxygen atoms in total. The van der Waals surface area contributed by atoms with E-state index in [4.69, 9.17) is 9.47 Å². The highest BCUT2D eigenvalue weighted by atomic mass is 16.6. The van der Waals surface area contributed by atoms with Gasteiger partial charge >= 0.3 is 5.97 Å². The van der Waals surface area contributed by atoms with Gasteiger partial charge in [-0.2, -0.15) is 0 Å². The number of anilines is 1. The molecule has 188 valence electrons. The average molecular weight is 501 g/mol. The molecule has 37 heavy (non-hydrogen) atoms. The maximum Gasteiger partial charge on any atom is 0.338 e. The number of fused-ring (bicyclic) bond motifs is 1. The number of carbonyl (C=O) groups excluding carboxylic acids is 3. The Bertz CT molecular complexity index is 1330. The van der Waals surface area contributed by atoms with Gasteiger partial charge in [-0.25, -0.2) is 4.79 Å². The van der Waals surface area contributed by atoms with Gasteiger partial charge in [0.25, 0.3) is 5.69 Å². The molecular weight excluding hydrogens is 476 g/mol. The topological polar surface area (TPSA) is 116 Å². The molecule has 0 aromatic heterocycles. The van der Waals surface area contributed by atoms with Crippen molar-refractivity contribution in [2.24, 2.45) is 11.8 Å². The normalized spacial score (nSPS) is 18.9. The number of hydrogen-bond donors (Lipinski definition) is 0. The highest BCUT2D eigenvalue weighted by molar-refractivity contribution is 6.22. The second kappa shape index (κ2) is 10.2. The number of rotatable bonds is 7. The summed E-state index contributed by atoms with van der Waals surface area (Å²) in [6.07, 6.45) is 3.35. The first-order valence-electron chi connectivity index (χ1n) is 12.1. The van der Waals surface area contributed by atoms with E-state index in [0.717, 1.165) is 31.2 Å². The van der Waals surface area contributed by atoms with Crippen molar-refractivity contribution in [2.45, 2.75) is 32.3 Å². The van der Waals surface area contributed by atoms with Crippen molar-refractivity contribution >= 4 is 29.2 Å². The molecule has 1 heterocycles. The Balaban J connectivity index is 1.20. The summed E-state index contributed by atoms with van der Waals surface area (Å²) in [6.45, 7) is 0.0204. The van der Waals surface area contributed by atoms with Crippen molar-refractivity contribution in [3.05, 3.63) is 94.0 Å². The van der Waals surface area contributed by atoms with Crippen molar-refractivity contribution in [3.63, 3.8) is 0 Å². The molecule has 0 spiro atoms. The van der Waals surface area contributed by atoms with Gasteiger partial charge in [-0.15, -0.1) is 0 Å². The lowest BCUT2D eigenvalue weighted by Crippen LogP contribution is -2.31. The number of imide groups is 1. The molecule has 5 rings (SSSR count). The molecule has 1 saturated heterocycles. The number of hydrogen-bond acceptors (Lipinski definition) is 7. The van der Waals surface area contributed by atoms with E-state index < -0.39 is 10.9 Å². The molecule has 1 aliphatic heterocycles. The third kappa shape index (κ3) is 5.06. The molecule has 2 atom stereocenters. The predicted octanol–water partition coefficient (Wildman–Crippen LogP) is 5.42. The molecule has 0 bridgehead atoms. The second-order valence-electron chi connectivity index (χ2n) is 9.13. The minimum absolute atomic E-state index is 0.0204. The molecule has 0 radical (unpaired) electrons. The van der Waals surface area contributed by atoms with Crippen LogP contribution < -0.4 is 9.64 Å². The van der Waals surface area contributed by atoms with Crippen LogP contribution in [-0.4, -0.2) is 22.7 Å². The van der Waals surface area contributed by atoms with Gasteiger partial charge < -0.3 is 9.47 Å². The zero-order valence-corrected chi connectivity index (χ0v) is 19.9. The molecule has 3 aromatic rings. The van der Waals surface area contributed by atoms with Crippen molar-refractivity contribution < 1.29 is 28.8 Å². The molecule has 2 amide bonds. The number of benzene rings is 3. The van der Waals surface area contributed by atoms with Crippen LogP contribution in [0.3, 0.4) is 0 Å². The summed E-state index contributed by atoms with van der Waals surface area (Å²) >= 11 is 0. The SMILES string of the molecule is O=C(OCc1ccc(Oc2ccc([N+](=O)[O-])cc2)cc1)c1cccc(N2C(=O)C3CCCCC3C2=O)c1. The van der Waals surface area contributed by atoms with E-state index in [1.807, 2.05) is 0 Å². The number of nitrogens with zero attached hydrogens (tertiary/aromatic N) is 2. The van der Waals surface area contributed by atoms with Crippen molar-refractivity contribution in [1.29, 1.82) is 0 Å². The van der Waals surface area contributed by atoms with Gasteiger partial charge in [0.1, 0.15) is 18.1 Å². The van der Waals surface area contributed by atoms with Crippen molar-refractivity contribution in [1.82, 2.24) is 0 Å². The van der Waals surface area contributed by atoms with Crippen LogP contribution in [0.15, 0.2) is 72.8 Å². The van der Waals surface area contributed by atoms with E-state index in [1.165, 1.54) is 35.2 Å². The van der Waals surface area contributed by atoms with Crippen molar-refractivity contribution in [2.75, 3.05) is 4.90 Å². The molecule has 0 N–H and O–H groups in total. The van der Waals surface area contributed by atoms with Crippen LogP contribution in [0.5, 0.6) is 11.5 Å². The van der Waals surface area contributed by atoms with Crippen LogP contribution >= 0.6 is 0 Å². The average Bonchev–Trinajstić information content (AvgIpc) is 3.18. The summed E-state index contributed by atoms with van der Waals surface area (Å²) in [7, 11) is 0. The minimum Gasteiger partial charge on any atom is -0.457 e. The lowest BCUT2D eigenvalue weighted by Gasteiger charge is -2.19. The summed E-state index contributed by atoms with van der Waals surface area (Å²) in [5.74, 6) is -0.471. The molecule has 2 aliphatic rings. The third-order valence-electron chi connectivity index (χ3n) is 6.76. The van der Waals surface area contributed by atoms with Crippen LogP contribution in [0.25, 0.3) is 0 Å². The molecule has 1 saturated carbocycles. The largest absolute Gasteiger partial charge is 0.457 e. The Morgan fingerprint density at radius 2 is 1.49 bits per heavy atom. The fourth-order valence-corrected chi connectivity index (χ4v) is 4.85. The number of non-ortho nitro benzene ring substituents is 1. The number of carbonyl (C=O) groups is 3. The molecular formula is C28H24N2O7. The van der Waals surface area contributed by atoms with E-state index in [1.54, 1.807) is 42.5 Å². The van der Waals surface area contributed by atoms with E-state index in [2.05, 4.69) is 0 Å². The standard InChI is InChI=1S/C28H24N2O7/c31-26-24-6-1-2-7-25(24)27(32)29(26)21-5-3-4-19(16-21)28(33)36-17-18-8-12-22(13-9-18)37-23-14-10-20(11-15-23)30(34)35/h3-5,8-16,24-25H,1-2,6-7,17H2. The fraction of sp³-hybridized carbons (Fsp3) is 0.250. The summed E-state index contributed by atoms with van der Waals surface area (Å²) < 4.78 is 11.1. The zero-order valence-electron chi connectivity index (χ0n) is 19.9. The smallest absolute Gasteiger partial charge is 0.338 e. The zero-order chi connectivity index (χ0) is 25.9. The van der Waals surface area contributed by atoms with E-state index >= 15 is 0 Å². The Morgan fingerprint density at radius 3 is 2.08 bits per heavy atom. The van der Waals surface area contributed by atoms with Gasteiger partial charge in [-0.05, 0) is 60.9 Å². The molecule has 2 unspecified atom stereocenters. The number of amides is 2. The maximum absolute atomic E-state index is 12.9. The number of ether oxygens (including phenoxy) is 2. The lowest BCUT2D eigenvalue weighted by molar-refractivity contribution is -0.384. The second-order valence-corrected chi connectivity index (χ2v) is 9.13. The fourth-order valence-electron chi connectivity index (χ4n) is 4.85. The van der Waals surface area contributed by atoms with Crippen LogP contribution in [0.2, 0.25) is 0 Å². The molecule has 2 fully saturated rings. The highest BCUT2D eigenvalue weighted by Gasteiger charge is 2.48. The number of nitro groups is 1. The third-order valence-corrected chi connectivity index (χ3v) is 6.76. The Labute approximate surface area is 212 Å².